The summed E-state index contributed by atoms with van der Waals surface area (Å²) in [5, 5.41) is 4.66. The maximum atomic E-state index is 11.8. The molecule has 0 saturated carbocycles. The Bertz CT molecular complexity index is 917. The van der Waals surface area contributed by atoms with Crippen LogP contribution in [-0.2, 0) is 6.42 Å². The van der Waals surface area contributed by atoms with E-state index in [1.54, 1.807) is 6.92 Å². The summed E-state index contributed by atoms with van der Waals surface area (Å²) in [4.78, 5) is 13.9. The summed E-state index contributed by atoms with van der Waals surface area (Å²) < 4.78 is 7.76. The molecule has 0 spiro atoms. The summed E-state index contributed by atoms with van der Waals surface area (Å²) in [5.74, 6) is 0.650. The SMILES string of the molecule is CC(=O)c1cccc(-n2nc(OCCCN(C)C)cc2Cc2ccccc2)c1. The zero-order chi connectivity index (χ0) is 19.9. The van der Waals surface area contributed by atoms with Gasteiger partial charge in [0.2, 0.25) is 5.88 Å². The molecule has 28 heavy (non-hydrogen) atoms. The monoisotopic (exact) mass is 377 g/mol. The molecule has 0 N–H and O–H groups in total. The van der Waals surface area contributed by atoms with E-state index in [9.17, 15) is 4.79 Å². The molecule has 0 atom stereocenters. The van der Waals surface area contributed by atoms with Crippen LogP contribution in [0.25, 0.3) is 5.69 Å². The minimum Gasteiger partial charge on any atom is -0.477 e. The Kier molecular flexibility index (Phi) is 6.61. The molecule has 1 heterocycles. The Morgan fingerprint density at radius 2 is 1.86 bits per heavy atom. The summed E-state index contributed by atoms with van der Waals surface area (Å²) >= 11 is 0. The van der Waals surface area contributed by atoms with Crippen molar-refractivity contribution in [3.8, 4) is 11.6 Å². The van der Waals surface area contributed by atoms with Gasteiger partial charge in [-0.25, -0.2) is 4.68 Å². The van der Waals surface area contributed by atoms with Gasteiger partial charge in [0.05, 0.1) is 18.0 Å². The fourth-order valence-corrected chi connectivity index (χ4v) is 3.03. The van der Waals surface area contributed by atoms with Gasteiger partial charge in [0.15, 0.2) is 5.78 Å². The number of hydrogen-bond donors (Lipinski definition) is 0. The van der Waals surface area contributed by atoms with E-state index in [1.165, 1.54) is 5.56 Å². The van der Waals surface area contributed by atoms with Crippen LogP contribution in [0.15, 0.2) is 60.7 Å². The second-order valence-corrected chi connectivity index (χ2v) is 7.16. The Hall–Kier alpha value is -2.92. The van der Waals surface area contributed by atoms with Gasteiger partial charge in [-0.15, -0.1) is 5.10 Å². The molecule has 0 aliphatic heterocycles. The lowest BCUT2D eigenvalue weighted by molar-refractivity contribution is 0.101. The van der Waals surface area contributed by atoms with E-state index in [1.807, 2.05) is 53.2 Å². The van der Waals surface area contributed by atoms with E-state index < -0.39 is 0 Å². The zero-order valence-electron chi connectivity index (χ0n) is 16.8. The Balaban J connectivity index is 1.87. The molecule has 0 unspecified atom stereocenters. The van der Waals surface area contributed by atoms with Crippen LogP contribution in [0.3, 0.4) is 0 Å². The van der Waals surface area contributed by atoms with Crippen LogP contribution in [0.5, 0.6) is 5.88 Å². The number of Topliss-reactive ketones (excluding diaryl/α,β-unsaturated/α-hetero) is 1. The lowest BCUT2D eigenvalue weighted by Gasteiger charge is -2.09. The van der Waals surface area contributed by atoms with Gasteiger partial charge in [-0.05, 0) is 45.1 Å². The number of carbonyl (C=O) groups is 1. The van der Waals surface area contributed by atoms with Crippen LogP contribution in [0.2, 0.25) is 0 Å². The molecule has 0 amide bonds. The second kappa shape index (κ2) is 9.33. The third-order valence-corrected chi connectivity index (χ3v) is 4.49. The van der Waals surface area contributed by atoms with Crippen LogP contribution in [0.4, 0.5) is 0 Å². The molecule has 0 aliphatic rings. The molecule has 1 aromatic heterocycles. The van der Waals surface area contributed by atoms with Crippen LogP contribution in [0.1, 0.15) is 35.0 Å². The fourth-order valence-electron chi connectivity index (χ4n) is 3.03. The topological polar surface area (TPSA) is 47.4 Å². The van der Waals surface area contributed by atoms with E-state index in [-0.39, 0.29) is 5.78 Å². The highest BCUT2D eigenvalue weighted by Gasteiger charge is 2.13. The second-order valence-electron chi connectivity index (χ2n) is 7.16. The maximum Gasteiger partial charge on any atom is 0.233 e. The number of carbonyl (C=O) groups excluding carboxylic acids is 1. The predicted molar refractivity (Wildman–Crippen MR) is 111 cm³/mol. The van der Waals surface area contributed by atoms with Gasteiger partial charge in [-0.2, -0.15) is 0 Å². The van der Waals surface area contributed by atoms with Crippen LogP contribution >= 0.6 is 0 Å². The van der Waals surface area contributed by atoms with Crippen molar-refractivity contribution in [3.05, 3.63) is 77.5 Å². The molecule has 3 aromatic rings. The summed E-state index contributed by atoms with van der Waals surface area (Å²) in [6.45, 7) is 3.16. The molecule has 2 aromatic carbocycles. The number of ether oxygens (including phenoxy) is 1. The number of hydrogen-bond acceptors (Lipinski definition) is 4. The summed E-state index contributed by atoms with van der Waals surface area (Å²) in [6.07, 6.45) is 1.67. The first-order chi connectivity index (χ1) is 13.5. The molecule has 0 radical (unpaired) electrons. The molecule has 0 bridgehead atoms. The van der Waals surface area contributed by atoms with E-state index in [4.69, 9.17) is 4.74 Å². The summed E-state index contributed by atoms with van der Waals surface area (Å²) in [5.41, 5.74) is 3.76. The number of nitrogens with zero attached hydrogens (tertiary/aromatic N) is 3. The van der Waals surface area contributed by atoms with Crippen molar-refractivity contribution in [2.75, 3.05) is 27.2 Å². The third kappa shape index (κ3) is 5.30. The quantitative estimate of drug-likeness (QED) is 0.418. The molecular formula is C23H27N3O2. The summed E-state index contributed by atoms with van der Waals surface area (Å²) in [7, 11) is 4.10. The zero-order valence-corrected chi connectivity index (χ0v) is 16.8. The number of rotatable bonds is 9. The average Bonchev–Trinajstić information content (AvgIpc) is 3.08. The molecular weight excluding hydrogens is 350 g/mol. The van der Waals surface area contributed by atoms with Gasteiger partial charge in [-0.1, -0.05) is 42.5 Å². The molecule has 0 fully saturated rings. The first-order valence-corrected chi connectivity index (χ1v) is 9.54. The van der Waals surface area contributed by atoms with Crippen LogP contribution < -0.4 is 4.74 Å². The molecule has 5 nitrogen and oxygen atoms in total. The maximum absolute atomic E-state index is 11.8. The number of ketones is 1. The molecule has 0 saturated heterocycles. The van der Waals surface area contributed by atoms with Crippen molar-refractivity contribution in [1.29, 1.82) is 0 Å². The highest BCUT2D eigenvalue weighted by molar-refractivity contribution is 5.94. The van der Waals surface area contributed by atoms with E-state index in [0.717, 1.165) is 30.8 Å². The minimum absolute atomic E-state index is 0.0405. The molecule has 3 rings (SSSR count). The van der Waals surface area contributed by atoms with Crippen molar-refractivity contribution in [2.24, 2.45) is 0 Å². The summed E-state index contributed by atoms with van der Waals surface area (Å²) in [6, 6.07) is 19.8. The minimum atomic E-state index is 0.0405. The third-order valence-electron chi connectivity index (χ3n) is 4.49. The molecule has 5 heteroatoms. The smallest absolute Gasteiger partial charge is 0.233 e. The van der Waals surface area contributed by atoms with Crippen molar-refractivity contribution >= 4 is 5.78 Å². The standard InChI is InChI=1S/C23H27N3O2/c1-18(27)20-11-7-12-21(16-20)26-22(15-19-9-5-4-6-10-19)17-23(24-26)28-14-8-13-25(2)3/h4-7,9-12,16-17H,8,13-15H2,1-3H3. The highest BCUT2D eigenvalue weighted by Crippen LogP contribution is 2.21. The lowest BCUT2D eigenvalue weighted by Crippen LogP contribution is -2.15. The van der Waals surface area contributed by atoms with Gasteiger partial charge < -0.3 is 9.64 Å². The first kappa shape index (κ1) is 19.8. The van der Waals surface area contributed by atoms with Crippen LogP contribution in [0, 0.1) is 0 Å². The van der Waals surface area contributed by atoms with Gasteiger partial charge in [-0.3, -0.25) is 4.79 Å². The van der Waals surface area contributed by atoms with E-state index in [2.05, 4.69) is 36.2 Å². The predicted octanol–water partition coefficient (Wildman–Crippen LogP) is 4.00. The number of aromatic nitrogens is 2. The molecule has 0 aliphatic carbocycles. The van der Waals surface area contributed by atoms with Gasteiger partial charge in [0.25, 0.3) is 0 Å². The normalized spacial score (nSPS) is 11.0. The fraction of sp³-hybridized carbons (Fsp3) is 0.304. The van der Waals surface area contributed by atoms with Crippen LogP contribution in [-0.4, -0.2) is 47.7 Å². The van der Waals surface area contributed by atoms with Crippen molar-refractivity contribution < 1.29 is 9.53 Å². The van der Waals surface area contributed by atoms with Crippen molar-refractivity contribution in [3.63, 3.8) is 0 Å². The highest BCUT2D eigenvalue weighted by atomic mass is 16.5. The Labute approximate surface area is 166 Å². The van der Waals surface area contributed by atoms with Crippen molar-refractivity contribution in [1.82, 2.24) is 14.7 Å². The van der Waals surface area contributed by atoms with Gasteiger partial charge >= 0.3 is 0 Å². The van der Waals surface area contributed by atoms with E-state index >= 15 is 0 Å². The van der Waals surface area contributed by atoms with Crippen molar-refractivity contribution in [2.45, 2.75) is 19.8 Å². The lowest BCUT2D eigenvalue weighted by atomic mass is 10.1. The van der Waals surface area contributed by atoms with Gasteiger partial charge in [0.1, 0.15) is 0 Å². The molecule has 146 valence electrons. The van der Waals surface area contributed by atoms with Gasteiger partial charge in [0, 0.05) is 24.6 Å². The van der Waals surface area contributed by atoms with E-state index in [0.29, 0.717) is 18.1 Å². The Morgan fingerprint density at radius 3 is 2.57 bits per heavy atom. The largest absolute Gasteiger partial charge is 0.477 e. The first-order valence-electron chi connectivity index (χ1n) is 9.54. The number of benzene rings is 2. The average molecular weight is 377 g/mol. The Morgan fingerprint density at radius 1 is 1.07 bits per heavy atom.